The summed E-state index contributed by atoms with van der Waals surface area (Å²) in [6.45, 7) is 2.81. The summed E-state index contributed by atoms with van der Waals surface area (Å²) in [5, 5.41) is 3.57. The Bertz CT molecular complexity index is 1020. The van der Waals surface area contributed by atoms with Crippen molar-refractivity contribution in [3.05, 3.63) is 76.3 Å². The Morgan fingerprint density at radius 3 is 2.79 bits per heavy atom. The first-order valence-electron chi connectivity index (χ1n) is 9.42. The number of rotatable bonds is 4. The molecule has 4 rings (SSSR count). The van der Waals surface area contributed by atoms with Crippen LogP contribution >= 0.6 is 0 Å². The highest BCUT2D eigenvalue weighted by atomic mass is 16.1. The summed E-state index contributed by atoms with van der Waals surface area (Å²) in [6, 6.07) is 13.7. The predicted octanol–water partition coefficient (Wildman–Crippen LogP) is 1.45. The molecule has 0 radical (unpaired) electrons. The summed E-state index contributed by atoms with van der Waals surface area (Å²) in [4.78, 5) is 23.6. The average Bonchev–Trinajstić information content (AvgIpc) is 2.76. The van der Waals surface area contributed by atoms with Gasteiger partial charge in [0.2, 0.25) is 5.95 Å². The first kappa shape index (κ1) is 18.3. The number of hydrogen-bond acceptors (Lipinski definition) is 6. The van der Waals surface area contributed by atoms with Crippen molar-refractivity contribution < 1.29 is 0 Å². The van der Waals surface area contributed by atoms with Gasteiger partial charge < -0.3 is 16.0 Å². The molecule has 2 aromatic heterocycles. The monoisotopic (exact) mass is 376 g/mol. The van der Waals surface area contributed by atoms with Gasteiger partial charge in [0.05, 0.1) is 11.7 Å². The van der Waals surface area contributed by atoms with Crippen molar-refractivity contribution in [2.45, 2.75) is 12.6 Å². The van der Waals surface area contributed by atoms with E-state index < -0.39 is 0 Å². The molecule has 0 saturated carbocycles. The Balaban J connectivity index is 1.69. The number of benzene rings is 1. The van der Waals surface area contributed by atoms with Crippen molar-refractivity contribution in [3.63, 3.8) is 0 Å². The molecule has 0 bridgehead atoms. The van der Waals surface area contributed by atoms with Crippen LogP contribution in [-0.4, -0.2) is 34.2 Å². The van der Waals surface area contributed by atoms with E-state index in [9.17, 15) is 4.79 Å². The van der Waals surface area contributed by atoms with E-state index in [4.69, 9.17) is 10.7 Å². The lowest BCUT2D eigenvalue weighted by molar-refractivity contribution is 0.460. The quantitative estimate of drug-likeness (QED) is 0.717. The molecule has 0 amide bonds. The third-order valence-electron chi connectivity index (χ3n) is 5.20. The van der Waals surface area contributed by atoms with E-state index in [1.54, 1.807) is 30.1 Å². The van der Waals surface area contributed by atoms with Gasteiger partial charge in [0.25, 0.3) is 5.56 Å². The van der Waals surface area contributed by atoms with Crippen molar-refractivity contribution in [3.8, 4) is 11.3 Å². The molecule has 144 valence electrons. The Hall–Kier alpha value is -3.03. The summed E-state index contributed by atoms with van der Waals surface area (Å²) < 4.78 is 1.61. The second kappa shape index (κ2) is 7.92. The number of piperazine rings is 1. The molecule has 3 N–H and O–H groups in total. The van der Waals surface area contributed by atoms with Crippen LogP contribution in [0.5, 0.6) is 0 Å². The van der Waals surface area contributed by atoms with Crippen LogP contribution in [0.15, 0.2) is 59.7 Å². The normalized spacial score (nSPS) is 16.9. The van der Waals surface area contributed by atoms with Gasteiger partial charge in [-0.05, 0) is 23.3 Å². The minimum atomic E-state index is -0.0748. The van der Waals surface area contributed by atoms with Crippen molar-refractivity contribution >= 4 is 5.95 Å². The summed E-state index contributed by atoms with van der Waals surface area (Å²) in [5.41, 5.74) is 9.73. The molecular formula is C21H24N6O. The molecular weight excluding hydrogens is 352 g/mol. The lowest BCUT2D eigenvalue weighted by atomic mass is 9.98. The Kier molecular flexibility index (Phi) is 5.18. The predicted molar refractivity (Wildman–Crippen MR) is 110 cm³/mol. The molecule has 3 heterocycles. The fraction of sp³-hybridized carbons (Fsp3) is 0.286. The molecule has 7 heteroatoms. The zero-order valence-corrected chi connectivity index (χ0v) is 15.9. The molecule has 1 atom stereocenters. The van der Waals surface area contributed by atoms with Crippen molar-refractivity contribution in [1.29, 1.82) is 0 Å². The Morgan fingerprint density at radius 1 is 1.21 bits per heavy atom. The lowest BCUT2D eigenvalue weighted by Gasteiger charge is -2.36. The molecule has 0 aliphatic carbocycles. The minimum absolute atomic E-state index is 0.0748. The van der Waals surface area contributed by atoms with Crippen LogP contribution < -0.4 is 21.5 Å². The van der Waals surface area contributed by atoms with Crippen LogP contribution in [-0.2, 0) is 13.6 Å². The van der Waals surface area contributed by atoms with Gasteiger partial charge in [0.15, 0.2) is 0 Å². The van der Waals surface area contributed by atoms with Gasteiger partial charge in [-0.15, -0.1) is 0 Å². The van der Waals surface area contributed by atoms with Crippen LogP contribution in [0.25, 0.3) is 11.3 Å². The second-order valence-corrected chi connectivity index (χ2v) is 6.93. The third kappa shape index (κ3) is 3.54. The van der Waals surface area contributed by atoms with Gasteiger partial charge in [-0.1, -0.05) is 24.3 Å². The summed E-state index contributed by atoms with van der Waals surface area (Å²) in [7, 11) is 1.77. The SMILES string of the molecule is Cn1c(N2CCNC(c3ccccc3CN)C2)nc(-c2ccncc2)cc1=O. The summed E-state index contributed by atoms with van der Waals surface area (Å²) >= 11 is 0. The lowest BCUT2D eigenvalue weighted by Crippen LogP contribution is -2.48. The number of anilines is 1. The summed E-state index contributed by atoms with van der Waals surface area (Å²) in [6.07, 6.45) is 3.41. The van der Waals surface area contributed by atoms with E-state index >= 15 is 0 Å². The number of pyridine rings is 1. The Morgan fingerprint density at radius 2 is 2.00 bits per heavy atom. The van der Waals surface area contributed by atoms with Crippen LogP contribution in [0.2, 0.25) is 0 Å². The highest BCUT2D eigenvalue weighted by Crippen LogP contribution is 2.24. The molecule has 1 unspecified atom stereocenters. The maximum atomic E-state index is 12.6. The average molecular weight is 376 g/mol. The zero-order chi connectivity index (χ0) is 19.5. The first-order valence-corrected chi connectivity index (χ1v) is 9.42. The maximum Gasteiger partial charge on any atom is 0.255 e. The number of nitrogens with two attached hydrogens (primary N) is 1. The standard InChI is InChI=1S/C21H24N6O/c1-26-20(28)12-18(15-6-8-23-9-7-15)25-21(26)27-11-10-24-19(14-27)17-5-3-2-4-16(17)13-22/h2-9,12,19,24H,10-11,13-14,22H2,1H3. The molecule has 1 aliphatic heterocycles. The fourth-order valence-electron chi connectivity index (χ4n) is 3.68. The van der Waals surface area contributed by atoms with Crippen LogP contribution in [0, 0.1) is 0 Å². The zero-order valence-electron chi connectivity index (χ0n) is 15.9. The largest absolute Gasteiger partial charge is 0.339 e. The summed E-state index contributed by atoms with van der Waals surface area (Å²) in [5.74, 6) is 0.677. The smallest absolute Gasteiger partial charge is 0.255 e. The van der Waals surface area contributed by atoms with E-state index in [-0.39, 0.29) is 11.6 Å². The molecule has 1 saturated heterocycles. The van der Waals surface area contributed by atoms with Crippen molar-refractivity contribution in [2.75, 3.05) is 24.5 Å². The van der Waals surface area contributed by atoms with Gasteiger partial charge in [-0.3, -0.25) is 14.3 Å². The van der Waals surface area contributed by atoms with E-state index in [0.717, 1.165) is 30.8 Å². The molecule has 7 nitrogen and oxygen atoms in total. The molecule has 1 fully saturated rings. The Labute approximate surface area is 163 Å². The van der Waals surface area contributed by atoms with E-state index in [1.807, 2.05) is 24.3 Å². The van der Waals surface area contributed by atoms with E-state index in [1.165, 1.54) is 5.56 Å². The maximum absolute atomic E-state index is 12.6. The molecule has 28 heavy (non-hydrogen) atoms. The molecule has 1 aliphatic rings. The van der Waals surface area contributed by atoms with Crippen LogP contribution in [0.4, 0.5) is 5.95 Å². The van der Waals surface area contributed by atoms with Crippen LogP contribution in [0.1, 0.15) is 17.2 Å². The molecule has 3 aromatic rings. The second-order valence-electron chi connectivity index (χ2n) is 6.93. The third-order valence-corrected chi connectivity index (χ3v) is 5.20. The number of nitrogens with zero attached hydrogens (tertiary/aromatic N) is 4. The molecule has 0 spiro atoms. The van der Waals surface area contributed by atoms with E-state index in [0.29, 0.717) is 18.2 Å². The van der Waals surface area contributed by atoms with Gasteiger partial charge in [-0.2, -0.15) is 0 Å². The fourth-order valence-corrected chi connectivity index (χ4v) is 3.68. The van der Waals surface area contributed by atoms with Gasteiger partial charge in [-0.25, -0.2) is 4.98 Å². The number of nitrogens with one attached hydrogen (secondary N) is 1. The van der Waals surface area contributed by atoms with Gasteiger partial charge >= 0.3 is 0 Å². The topological polar surface area (TPSA) is 89.1 Å². The molecule has 1 aromatic carbocycles. The minimum Gasteiger partial charge on any atom is -0.339 e. The van der Waals surface area contributed by atoms with Gasteiger partial charge in [0.1, 0.15) is 0 Å². The number of aromatic nitrogens is 3. The number of hydrogen-bond donors (Lipinski definition) is 2. The van der Waals surface area contributed by atoms with Crippen molar-refractivity contribution in [2.24, 2.45) is 12.8 Å². The van der Waals surface area contributed by atoms with Crippen molar-refractivity contribution in [1.82, 2.24) is 19.9 Å². The first-order chi connectivity index (χ1) is 13.7. The van der Waals surface area contributed by atoms with Gasteiger partial charge in [0, 0.05) is 57.3 Å². The highest BCUT2D eigenvalue weighted by molar-refractivity contribution is 5.59. The highest BCUT2D eigenvalue weighted by Gasteiger charge is 2.25. The van der Waals surface area contributed by atoms with E-state index in [2.05, 4.69) is 27.3 Å². The van der Waals surface area contributed by atoms with Crippen LogP contribution in [0.3, 0.4) is 0 Å².